The Hall–Kier alpha value is -3.00. The van der Waals surface area contributed by atoms with Crippen LogP contribution < -0.4 is 10.6 Å². The average Bonchev–Trinajstić information content (AvgIpc) is 2.83. The van der Waals surface area contributed by atoms with Gasteiger partial charge in [-0.15, -0.1) is 0 Å². The number of amides is 3. The monoisotopic (exact) mass is 499 g/mol. The molecule has 0 aliphatic carbocycles. The van der Waals surface area contributed by atoms with Crippen LogP contribution in [0.3, 0.4) is 0 Å². The number of nitrogens with zero attached hydrogens (tertiary/aromatic N) is 1. The van der Waals surface area contributed by atoms with E-state index in [9.17, 15) is 14.4 Å². The number of benzene rings is 2. The maximum atomic E-state index is 13.8. The van der Waals surface area contributed by atoms with Gasteiger partial charge in [0.15, 0.2) is 0 Å². The highest BCUT2D eigenvalue weighted by atomic mass is 32.1. The van der Waals surface area contributed by atoms with Gasteiger partial charge in [0.1, 0.15) is 17.7 Å². The molecule has 0 aliphatic heterocycles. The van der Waals surface area contributed by atoms with Crippen molar-refractivity contribution in [2.75, 3.05) is 5.75 Å². The van der Waals surface area contributed by atoms with Gasteiger partial charge in [-0.25, -0.2) is 4.79 Å². The fraction of sp³-hybridized carbons (Fsp3) is 0.444. The van der Waals surface area contributed by atoms with E-state index in [1.54, 1.807) is 25.7 Å². The van der Waals surface area contributed by atoms with Gasteiger partial charge >= 0.3 is 6.09 Å². The quantitative estimate of drug-likeness (QED) is 0.420. The van der Waals surface area contributed by atoms with Crippen LogP contribution >= 0.6 is 12.6 Å². The molecule has 0 aliphatic rings. The molecule has 0 saturated heterocycles. The van der Waals surface area contributed by atoms with Crippen molar-refractivity contribution in [3.05, 3.63) is 71.8 Å². The summed E-state index contributed by atoms with van der Waals surface area (Å²) in [4.78, 5) is 41.3. The standard InChI is InChI=1S/C27H37N3O4S/c1-6-19(2)30(25(32)22(18-35)29-26(33)34-27(3,4)5)23(21-15-11-8-12-16-21)24(31)28-17-20-13-9-7-10-14-20/h7-16,19,22-23,35H,6,17-18H2,1-5H3,(H,28,31)(H,29,33). The van der Waals surface area contributed by atoms with Crippen LogP contribution in [0.1, 0.15) is 58.2 Å². The van der Waals surface area contributed by atoms with Crippen molar-refractivity contribution < 1.29 is 19.1 Å². The molecule has 3 atom stereocenters. The summed E-state index contributed by atoms with van der Waals surface area (Å²) >= 11 is 4.31. The molecule has 2 N–H and O–H groups in total. The summed E-state index contributed by atoms with van der Waals surface area (Å²) in [7, 11) is 0. The Labute approximate surface area is 214 Å². The summed E-state index contributed by atoms with van der Waals surface area (Å²) in [5.41, 5.74) is 0.921. The number of rotatable bonds is 10. The summed E-state index contributed by atoms with van der Waals surface area (Å²) < 4.78 is 5.33. The van der Waals surface area contributed by atoms with E-state index in [1.165, 1.54) is 0 Å². The van der Waals surface area contributed by atoms with E-state index in [0.29, 0.717) is 18.5 Å². The van der Waals surface area contributed by atoms with Crippen LogP contribution in [0.4, 0.5) is 4.79 Å². The molecule has 7 nitrogen and oxygen atoms in total. The van der Waals surface area contributed by atoms with Crippen molar-refractivity contribution in [3.63, 3.8) is 0 Å². The highest BCUT2D eigenvalue weighted by Gasteiger charge is 2.38. The van der Waals surface area contributed by atoms with Crippen LogP contribution in [-0.4, -0.2) is 46.2 Å². The highest BCUT2D eigenvalue weighted by molar-refractivity contribution is 7.80. The second-order valence-electron chi connectivity index (χ2n) is 9.40. The molecule has 2 rings (SSSR count). The zero-order valence-corrected chi connectivity index (χ0v) is 22.0. The van der Waals surface area contributed by atoms with Crippen LogP contribution in [0.25, 0.3) is 0 Å². The minimum Gasteiger partial charge on any atom is -0.444 e. The molecule has 2 aromatic carbocycles. The smallest absolute Gasteiger partial charge is 0.408 e. The molecule has 3 unspecified atom stereocenters. The first-order valence-electron chi connectivity index (χ1n) is 11.9. The van der Waals surface area contributed by atoms with Crippen molar-refractivity contribution in [1.29, 1.82) is 0 Å². The molecule has 3 amide bonds. The van der Waals surface area contributed by atoms with Gasteiger partial charge in [0, 0.05) is 18.3 Å². The topological polar surface area (TPSA) is 87.7 Å². The minimum absolute atomic E-state index is 0.0537. The van der Waals surface area contributed by atoms with Gasteiger partial charge in [-0.1, -0.05) is 67.6 Å². The molecule has 2 aromatic rings. The van der Waals surface area contributed by atoms with E-state index in [1.807, 2.05) is 74.5 Å². The van der Waals surface area contributed by atoms with E-state index in [2.05, 4.69) is 23.3 Å². The number of ether oxygens (including phenoxy) is 1. The van der Waals surface area contributed by atoms with Gasteiger partial charge in [-0.05, 0) is 45.2 Å². The third-order valence-corrected chi connectivity index (χ3v) is 5.81. The predicted octanol–water partition coefficient (Wildman–Crippen LogP) is 4.49. The summed E-state index contributed by atoms with van der Waals surface area (Å²) in [6, 6.07) is 16.6. The Kier molecular flexibility index (Phi) is 10.6. The van der Waals surface area contributed by atoms with Gasteiger partial charge < -0.3 is 20.3 Å². The van der Waals surface area contributed by atoms with E-state index < -0.39 is 29.7 Å². The van der Waals surface area contributed by atoms with Gasteiger partial charge in [0.05, 0.1) is 0 Å². The summed E-state index contributed by atoms with van der Waals surface area (Å²) in [5.74, 6) is -0.647. The average molecular weight is 500 g/mol. The minimum atomic E-state index is -0.963. The second kappa shape index (κ2) is 13.2. The first-order valence-corrected chi connectivity index (χ1v) is 12.5. The molecule has 0 saturated carbocycles. The maximum Gasteiger partial charge on any atom is 0.408 e. The van der Waals surface area contributed by atoms with Crippen molar-refractivity contribution >= 4 is 30.5 Å². The lowest BCUT2D eigenvalue weighted by Gasteiger charge is -2.38. The van der Waals surface area contributed by atoms with Crippen molar-refractivity contribution in [2.24, 2.45) is 0 Å². The van der Waals surface area contributed by atoms with Crippen LogP contribution in [0.2, 0.25) is 0 Å². The molecular formula is C27H37N3O4S. The van der Waals surface area contributed by atoms with E-state index in [4.69, 9.17) is 4.74 Å². The lowest BCUT2D eigenvalue weighted by Crippen LogP contribution is -2.56. The number of carbonyl (C=O) groups is 3. The Bertz CT molecular complexity index is 963. The number of thiol groups is 1. The first-order chi connectivity index (χ1) is 16.6. The lowest BCUT2D eigenvalue weighted by atomic mass is 10.00. The van der Waals surface area contributed by atoms with Gasteiger partial charge in [-0.2, -0.15) is 12.6 Å². The Morgan fingerprint density at radius 3 is 2.09 bits per heavy atom. The Morgan fingerprint density at radius 2 is 1.57 bits per heavy atom. The van der Waals surface area contributed by atoms with Crippen LogP contribution in [-0.2, 0) is 20.9 Å². The highest BCUT2D eigenvalue weighted by Crippen LogP contribution is 2.26. The van der Waals surface area contributed by atoms with E-state index in [0.717, 1.165) is 5.56 Å². The fourth-order valence-corrected chi connectivity index (χ4v) is 3.81. The number of alkyl carbamates (subject to hydrolysis) is 1. The molecular weight excluding hydrogens is 462 g/mol. The molecule has 0 aromatic heterocycles. The fourth-order valence-electron chi connectivity index (χ4n) is 3.57. The van der Waals surface area contributed by atoms with Crippen LogP contribution in [0.15, 0.2) is 60.7 Å². The van der Waals surface area contributed by atoms with Crippen LogP contribution in [0.5, 0.6) is 0 Å². The SMILES string of the molecule is CCC(C)N(C(=O)C(CS)NC(=O)OC(C)(C)C)C(C(=O)NCc1ccccc1)c1ccccc1. The van der Waals surface area contributed by atoms with Crippen LogP contribution in [0, 0.1) is 0 Å². The molecule has 35 heavy (non-hydrogen) atoms. The van der Waals surface area contributed by atoms with Crippen molar-refractivity contribution in [3.8, 4) is 0 Å². The normalized spacial score (nSPS) is 13.8. The molecule has 0 heterocycles. The zero-order chi connectivity index (χ0) is 26.0. The third kappa shape index (κ3) is 8.62. The summed E-state index contributed by atoms with van der Waals surface area (Å²) in [6.07, 6.45) is -0.0916. The number of hydrogen-bond acceptors (Lipinski definition) is 5. The third-order valence-electron chi connectivity index (χ3n) is 5.44. The largest absolute Gasteiger partial charge is 0.444 e. The molecule has 0 radical (unpaired) electrons. The van der Waals surface area contributed by atoms with Crippen molar-refractivity contribution in [2.45, 2.75) is 71.3 Å². The lowest BCUT2D eigenvalue weighted by molar-refractivity contribution is -0.144. The number of nitrogens with one attached hydrogen (secondary N) is 2. The molecule has 190 valence electrons. The van der Waals surface area contributed by atoms with Gasteiger partial charge in [0.25, 0.3) is 0 Å². The maximum absolute atomic E-state index is 13.8. The summed E-state index contributed by atoms with van der Waals surface area (Å²) in [6.45, 7) is 9.42. The van der Waals surface area contributed by atoms with E-state index >= 15 is 0 Å². The number of carbonyl (C=O) groups excluding carboxylic acids is 3. The molecule has 8 heteroatoms. The van der Waals surface area contributed by atoms with Gasteiger partial charge in [0.2, 0.25) is 11.8 Å². The van der Waals surface area contributed by atoms with E-state index in [-0.39, 0.29) is 17.7 Å². The van der Waals surface area contributed by atoms with Gasteiger partial charge in [-0.3, -0.25) is 9.59 Å². The zero-order valence-electron chi connectivity index (χ0n) is 21.2. The number of hydrogen-bond donors (Lipinski definition) is 3. The first kappa shape index (κ1) is 28.2. The molecule has 0 spiro atoms. The summed E-state index contributed by atoms with van der Waals surface area (Å²) in [5, 5.41) is 5.60. The van der Waals surface area contributed by atoms with Crippen molar-refractivity contribution in [1.82, 2.24) is 15.5 Å². The Balaban J connectivity index is 2.37. The Morgan fingerprint density at radius 1 is 1.00 bits per heavy atom. The molecule has 0 bridgehead atoms. The second-order valence-corrected chi connectivity index (χ2v) is 9.77. The predicted molar refractivity (Wildman–Crippen MR) is 141 cm³/mol. The molecule has 0 fully saturated rings.